The molecule has 0 radical (unpaired) electrons. The van der Waals surface area contributed by atoms with Crippen LogP contribution in [0.4, 0.5) is 5.69 Å². The average Bonchev–Trinajstić information content (AvgIpc) is 3.63. The van der Waals surface area contributed by atoms with Crippen molar-refractivity contribution in [2.24, 2.45) is 11.8 Å². The van der Waals surface area contributed by atoms with E-state index in [2.05, 4.69) is 15.5 Å². The van der Waals surface area contributed by atoms with Gasteiger partial charge in [-0.1, -0.05) is 48.5 Å². The zero-order valence-electron chi connectivity index (χ0n) is 22.4. The minimum absolute atomic E-state index is 0.287. The van der Waals surface area contributed by atoms with Gasteiger partial charge in [0.1, 0.15) is 11.6 Å². The number of carbonyl (C=O) groups is 3. The van der Waals surface area contributed by atoms with E-state index in [4.69, 9.17) is 9.47 Å². The van der Waals surface area contributed by atoms with Crippen LogP contribution < -0.4 is 10.6 Å². The molecule has 1 spiro atoms. The minimum Gasteiger partial charge on any atom is -0.394 e. The molecule has 4 saturated heterocycles. The number of hydrogen-bond acceptors (Lipinski definition) is 7. The number of rotatable bonds is 9. The van der Waals surface area contributed by atoms with Gasteiger partial charge in [0, 0.05) is 31.9 Å². The molecule has 2 unspecified atom stereocenters. The Kier molecular flexibility index (Phi) is 7.59. The third-order valence-electron chi connectivity index (χ3n) is 8.85. The first kappa shape index (κ1) is 26.9. The number of anilines is 1. The zero-order chi connectivity index (χ0) is 27.7. The first-order valence-corrected chi connectivity index (χ1v) is 14.1. The fraction of sp³-hybridized carbons (Fsp3) is 0.500. The van der Waals surface area contributed by atoms with Crippen molar-refractivity contribution in [2.45, 2.75) is 36.6 Å². The highest BCUT2D eigenvalue weighted by atomic mass is 16.5. The van der Waals surface area contributed by atoms with Crippen LogP contribution in [-0.2, 0) is 23.9 Å². The average molecular weight is 549 g/mol. The van der Waals surface area contributed by atoms with E-state index in [1.165, 1.54) is 4.90 Å². The molecule has 6 atom stereocenters. The third-order valence-corrected chi connectivity index (χ3v) is 8.85. The third kappa shape index (κ3) is 4.68. The maximum Gasteiger partial charge on any atom is 0.245 e. The maximum absolute atomic E-state index is 14.3. The van der Waals surface area contributed by atoms with Gasteiger partial charge in [-0.3, -0.25) is 19.3 Å². The SMILES string of the molecule is O=C(NCCN1CCOCC1)C1N([C@H](CO)c2ccccc2)C(=O)[C@@H]2[C@H](C(=O)Nc3ccccc3)[C@@H]3CCC12O3. The van der Waals surface area contributed by atoms with Gasteiger partial charge in [0.2, 0.25) is 17.7 Å². The van der Waals surface area contributed by atoms with Crippen LogP contribution in [0.1, 0.15) is 24.4 Å². The largest absolute Gasteiger partial charge is 0.394 e. The number of benzene rings is 2. The molecule has 4 heterocycles. The first-order chi connectivity index (χ1) is 19.5. The molecular weight excluding hydrogens is 512 g/mol. The molecule has 40 heavy (non-hydrogen) atoms. The fourth-order valence-corrected chi connectivity index (χ4v) is 7.06. The van der Waals surface area contributed by atoms with Gasteiger partial charge in [0.05, 0.1) is 43.8 Å². The molecule has 6 rings (SSSR count). The van der Waals surface area contributed by atoms with Gasteiger partial charge in [-0.25, -0.2) is 0 Å². The smallest absolute Gasteiger partial charge is 0.245 e. The molecule has 2 aromatic rings. The van der Waals surface area contributed by atoms with Gasteiger partial charge >= 0.3 is 0 Å². The summed E-state index contributed by atoms with van der Waals surface area (Å²) in [5.74, 6) is -2.48. The van der Waals surface area contributed by atoms with Gasteiger partial charge in [-0.2, -0.15) is 0 Å². The van der Waals surface area contributed by atoms with Crippen LogP contribution >= 0.6 is 0 Å². The number of carbonyl (C=O) groups excluding carboxylic acids is 3. The van der Waals surface area contributed by atoms with Gasteiger partial charge < -0.3 is 30.1 Å². The summed E-state index contributed by atoms with van der Waals surface area (Å²) >= 11 is 0. The van der Waals surface area contributed by atoms with Crippen LogP contribution in [0.2, 0.25) is 0 Å². The first-order valence-electron chi connectivity index (χ1n) is 14.1. The van der Waals surface area contributed by atoms with Gasteiger partial charge in [0.15, 0.2) is 0 Å². The maximum atomic E-state index is 14.3. The predicted molar refractivity (Wildman–Crippen MR) is 146 cm³/mol. The molecular formula is C30H36N4O6. The van der Waals surface area contributed by atoms with Crippen molar-refractivity contribution in [3.05, 3.63) is 66.2 Å². The highest BCUT2D eigenvalue weighted by Crippen LogP contribution is 2.59. The summed E-state index contributed by atoms with van der Waals surface area (Å²) in [4.78, 5) is 45.6. The Hall–Kier alpha value is -3.31. The molecule has 3 N–H and O–H groups in total. The topological polar surface area (TPSA) is 120 Å². The lowest BCUT2D eigenvalue weighted by Crippen LogP contribution is -2.57. The molecule has 0 aromatic heterocycles. The highest BCUT2D eigenvalue weighted by Gasteiger charge is 2.75. The monoisotopic (exact) mass is 548 g/mol. The second-order valence-corrected chi connectivity index (χ2v) is 11.0. The number of aliphatic hydroxyl groups excluding tert-OH is 1. The van der Waals surface area contributed by atoms with Crippen molar-refractivity contribution in [3.8, 4) is 0 Å². The Morgan fingerprint density at radius 3 is 2.42 bits per heavy atom. The van der Waals surface area contributed by atoms with E-state index in [9.17, 15) is 19.5 Å². The number of fused-ring (bicyclic) bond motifs is 1. The number of likely N-dealkylation sites (tertiary alicyclic amines) is 1. The summed E-state index contributed by atoms with van der Waals surface area (Å²) in [6.07, 6.45) is 0.624. The van der Waals surface area contributed by atoms with E-state index in [1.807, 2.05) is 48.5 Å². The Morgan fingerprint density at radius 2 is 1.73 bits per heavy atom. The van der Waals surface area contributed by atoms with Crippen molar-refractivity contribution < 1.29 is 29.0 Å². The number of amides is 3. The number of para-hydroxylation sites is 1. The fourth-order valence-electron chi connectivity index (χ4n) is 7.06. The molecule has 2 bridgehead atoms. The number of morpholine rings is 1. The van der Waals surface area contributed by atoms with Crippen LogP contribution in [0.3, 0.4) is 0 Å². The van der Waals surface area contributed by atoms with Crippen LogP contribution in [0.15, 0.2) is 60.7 Å². The normalized spacial score (nSPS) is 30.2. The molecule has 0 aliphatic carbocycles. The Bertz CT molecular complexity index is 1220. The van der Waals surface area contributed by atoms with Crippen molar-refractivity contribution >= 4 is 23.4 Å². The van der Waals surface area contributed by atoms with Crippen LogP contribution in [-0.4, -0.2) is 96.4 Å². The van der Waals surface area contributed by atoms with Crippen molar-refractivity contribution in [3.63, 3.8) is 0 Å². The lowest BCUT2D eigenvalue weighted by atomic mass is 9.70. The molecule has 0 saturated carbocycles. The summed E-state index contributed by atoms with van der Waals surface area (Å²) in [7, 11) is 0. The molecule has 10 nitrogen and oxygen atoms in total. The number of aliphatic hydroxyl groups is 1. The minimum atomic E-state index is -1.13. The standard InChI is InChI=1S/C30H36N4O6/c35-19-22(20-7-3-1-4-8-20)34-26(28(37)31-13-14-33-15-17-39-18-16-33)30-12-11-23(40-30)24(25(30)29(34)38)27(36)32-21-9-5-2-6-10-21/h1-10,22-26,35H,11-19H2,(H,31,37)(H,32,36)/t22-,23+,24-,25+,26?,30?/m1/s1. The number of nitrogens with zero attached hydrogens (tertiary/aromatic N) is 2. The van der Waals surface area contributed by atoms with Crippen LogP contribution in [0, 0.1) is 11.8 Å². The lowest BCUT2D eigenvalue weighted by molar-refractivity contribution is -0.145. The summed E-state index contributed by atoms with van der Waals surface area (Å²) < 4.78 is 11.9. The van der Waals surface area contributed by atoms with Crippen molar-refractivity contribution in [2.75, 3.05) is 51.3 Å². The van der Waals surface area contributed by atoms with Crippen LogP contribution in [0.25, 0.3) is 0 Å². The van der Waals surface area contributed by atoms with E-state index in [0.717, 1.165) is 18.7 Å². The molecule has 4 aliphatic rings. The number of nitrogens with one attached hydrogen (secondary N) is 2. The molecule has 10 heteroatoms. The predicted octanol–water partition coefficient (Wildman–Crippen LogP) is 1.18. The van der Waals surface area contributed by atoms with E-state index in [0.29, 0.717) is 44.8 Å². The molecule has 4 fully saturated rings. The Morgan fingerprint density at radius 1 is 1.02 bits per heavy atom. The van der Waals surface area contributed by atoms with Gasteiger partial charge in [-0.05, 0) is 30.5 Å². The van der Waals surface area contributed by atoms with Crippen molar-refractivity contribution in [1.29, 1.82) is 0 Å². The number of ether oxygens (including phenoxy) is 2. The lowest BCUT2D eigenvalue weighted by Gasteiger charge is -2.37. The second kappa shape index (κ2) is 11.3. The van der Waals surface area contributed by atoms with E-state index >= 15 is 0 Å². The van der Waals surface area contributed by atoms with Gasteiger partial charge in [-0.15, -0.1) is 0 Å². The summed E-state index contributed by atoms with van der Waals surface area (Å²) in [5.41, 5.74) is 0.230. The zero-order valence-corrected chi connectivity index (χ0v) is 22.4. The molecule has 4 aliphatic heterocycles. The quantitative estimate of drug-likeness (QED) is 0.431. The molecule has 3 amide bonds. The Labute approximate surface area is 233 Å². The van der Waals surface area contributed by atoms with Crippen molar-refractivity contribution in [1.82, 2.24) is 15.1 Å². The summed E-state index contributed by atoms with van der Waals surface area (Å²) in [6, 6.07) is 16.6. The second-order valence-electron chi connectivity index (χ2n) is 11.0. The highest BCUT2D eigenvalue weighted by molar-refractivity contribution is 6.02. The van der Waals surface area contributed by atoms with E-state index in [1.54, 1.807) is 12.1 Å². The molecule has 212 valence electrons. The summed E-state index contributed by atoms with van der Waals surface area (Å²) in [5, 5.41) is 16.5. The van der Waals surface area contributed by atoms with E-state index < -0.39 is 35.6 Å². The summed E-state index contributed by atoms with van der Waals surface area (Å²) in [6.45, 7) is 3.66. The van der Waals surface area contributed by atoms with Crippen LogP contribution in [0.5, 0.6) is 0 Å². The van der Waals surface area contributed by atoms with E-state index in [-0.39, 0.29) is 24.3 Å². The molecule has 2 aromatic carbocycles. The van der Waals surface area contributed by atoms with Gasteiger partial charge in [0.25, 0.3) is 0 Å². The number of hydrogen-bond donors (Lipinski definition) is 3. The Balaban J connectivity index is 1.30.